The van der Waals surface area contributed by atoms with E-state index in [0.717, 1.165) is 4.88 Å². The Bertz CT molecular complexity index is 290. The molecule has 0 aliphatic heterocycles. The molecule has 0 aliphatic carbocycles. The number of hydrogen-bond acceptors (Lipinski definition) is 3. The summed E-state index contributed by atoms with van der Waals surface area (Å²) in [4.78, 5) is 12.6. The number of nitrogens with one attached hydrogen (secondary N) is 1. The molecule has 0 saturated heterocycles. The van der Waals surface area contributed by atoms with E-state index < -0.39 is 6.04 Å². The van der Waals surface area contributed by atoms with Gasteiger partial charge < -0.3 is 11.1 Å². The molecule has 1 aromatic heterocycles. The van der Waals surface area contributed by atoms with Gasteiger partial charge in [0.25, 0.3) is 0 Å². The lowest BCUT2D eigenvalue weighted by atomic mass is 10.2. The number of amides is 1. The fourth-order valence-electron chi connectivity index (χ4n) is 1.11. The van der Waals surface area contributed by atoms with Crippen LogP contribution in [0.3, 0.4) is 0 Å². The van der Waals surface area contributed by atoms with Crippen LogP contribution in [0.2, 0.25) is 0 Å². The summed E-state index contributed by atoms with van der Waals surface area (Å²) in [6.07, 6.45) is 0.670. The van der Waals surface area contributed by atoms with Crippen molar-refractivity contribution in [3.8, 4) is 0 Å². The molecule has 86 valence electrons. The van der Waals surface area contributed by atoms with Gasteiger partial charge in [-0.3, -0.25) is 4.79 Å². The van der Waals surface area contributed by atoms with Crippen molar-refractivity contribution in [1.29, 1.82) is 0 Å². The molecule has 0 bridgehead atoms. The van der Waals surface area contributed by atoms with Crippen molar-refractivity contribution in [1.82, 2.24) is 5.32 Å². The van der Waals surface area contributed by atoms with E-state index in [1.165, 1.54) is 0 Å². The van der Waals surface area contributed by atoms with Gasteiger partial charge in [0.15, 0.2) is 0 Å². The summed E-state index contributed by atoms with van der Waals surface area (Å²) in [6, 6.07) is 3.65. The molecule has 3 N–H and O–H groups in total. The first-order valence-corrected chi connectivity index (χ1v) is 5.62. The number of rotatable bonds is 4. The predicted molar refractivity (Wildman–Crippen MR) is 66.4 cm³/mol. The van der Waals surface area contributed by atoms with Gasteiger partial charge in [0.2, 0.25) is 5.91 Å². The van der Waals surface area contributed by atoms with Crippen LogP contribution in [0, 0.1) is 0 Å². The largest absolute Gasteiger partial charge is 0.347 e. The van der Waals surface area contributed by atoms with Crippen molar-refractivity contribution in [3.63, 3.8) is 0 Å². The van der Waals surface area contributed by atoms with Gasteiger partial charge >= 0.3 is 0 Å². The summed E-state index contributed by atoms with van der Waals surface area (Å²) in [5.74, 6) is -0.0756. The van der Waals surface area contributed by atoms with Crippen LogP contribution in [0.25, 0.3) is 0 Å². The van der Waals surface area contributed by atoms with E-state index in [1.807, 2.05) is 31.4 Å². The Kier molecular flexibility index (Phi) is 6.56. The highest BCUT2D eigenvalue weighted by molar-refractivity contribution is 7.10. The van der Waals surface area contributed by atoms with E-state index in [-0.39, 0.29) is 24.4 Å². The molecule has 0 saturated carbocycles. The summed E-state index contributed by atoms with van der Waals surface area (Å²) < 4.78 is 0. The average molecular weight is 249 g/mol. The molecule has 2 atom stereocenters. The van der Waals surface area contributed by atoms with E-state index in [4.69, 9.17) is 5.73 Å². The molecule has 1 heterocycles. The number of thiophene rings is 1. The van der Waals surface area contributed by atoms with Gasteiger partial charge in [-0.25, -0.2) is 0 Å². The molecule has 5 heteroatoms. The molecule has 3 nitrogen and oxygen atoms in total. The minimum absolute atomic E-state index is 0. The first-order valence-electron chi connectivity index (χ1n) is 4.74. The van der Waals surface area contributed by atoms with Crippen molar-refractivity contribution in [2.45, 2.75) is 32.4 Å². The van der Waals surface area contributed by atoms with Crippen molar-refractivity contribution < 1.29 is 4.79 Å². The van der Waals surface area contributed by atoms with E-state index in [1.54, 1.807) is 11.3 Å². The van der Waals surface area contributed by atoms with Gasteiger partial charge in [-0.2, -0.15) is 0 Å². The van der Waals surface area contributed by atoms with Crippen LogP contribution in [0.1, 0.15) is 31.2 Å². The van der Waals surface area contributed by atoms with Crippen LogP contribution < -0.4 is 11.1 Å². The highest BCUT2D eigenvalue weighted by atomic mass is 35.5. The van der Waals surface area contributed by atoms with Crippen molar-refractivity contribution in [3.05, 3.63) is 22.4 Å². The topological polar surface area (TPSA) is 55.1 Å². The summed E-state index contributed by atoms with van der Waals surface area (Å²) in [6.45, 7) is 3.87. The molecular weight excluding hydrogens is 232 g/mol. The zero-order chi connectivity index (χ0) is 10.6. The maximum Gasteiger partial charge on any atom is 0.237 e. The zero-order valence-electron chi connectivity index (χ0n) is 8.90. The van der Waals surface area contributed by atoms with Gasteiger partial charge in [0, 0.05) is 4.88 Å². The van der Waals surface area contributed by atoms with E-state index in [0.29, 0.717) is 6.42 Å². The van der Waals surface area contributed by atoms with E-state index in [9.17, 15) is 4.79 Å². The third kappa shape index (κ3) is 4.20. The molecule has 0 spiro atoms. The van der Waals surface area contributed by atoms with Gasteiger partial charge in [0.05, 0.1) is 12.1 Å². The summed E-state index contributed by atoms with van der Waals surface area (Å²) in [7, 11) is 0. The third-order valence-electron chi connectivity index (χ3n) is 2.11. The second kappa shape index (κ2) is 6.82. The monoisotopic (exact) mass is 248 g/mol. The maximum atomic E-state index is 11.4. The van der Waals surface area contributed by atoms with Crippen LogP contribution in [0.4, 0.5) is 0 Å². The molecule has 0 aliphatic rings. The smallest absolute Gasteiger partial charge is 0.237 e. The lowest BCUT2D eigenvalue weighted by molar-refractivity contribution is -0.123. The maximum absolute atomic E-state index is 11.4. The minimum atomic E-state index is -0.391. The highest BCUT2D eigenvalue weighted by Crippen LogP contribution is 2.17. The summed E-state index contributed by atoms with van der Waals surface area (Å²) >= 11 is 1.64. The fourth-order valence-corrected chi connectivity index (χ4v) is 1.85. The Labute approximate surface area is 100 Å². The highest BCUT2D eigenvalue weighted by Gasteiger charge is 2.14. The molecular formula is C10H17ClN2OS. The van der Waals surface area contributed by atoms with Crippen LogP contribution in [0.5, 0.6) is 0 Å². The number of halogens is 1. The zero-order valence-corrected chi connectivity index (χ0v) is 10.5. The molecule has 0 fully saturated rings. The van der Waals surface area contributed by atoms with Gasteiger partial charge in [-0.15, -0.1) is 23.7 Å². The molecule has 1 unspecified atom stereocenters. The fraction of sp³-hybridized carbons (Fsp3) is 0.500. The Balaban J connectivity index is 0.00000196. The van der Waals surface area contributed by atoms with Crippen molar-refractivity contribution >= 4 is 29.7 Å². The summed E-state index contributed by atoms with van der Waals surface area (Å²) in [5.41, 5.74) is 5.61. The number of carbonyl (C=O) groups excluding carboxylic acids is 1. The molecule has 15 heavy (non-hydrogen) atoms. The quantitative estimate of drug-likeness (QED) is 0.857. The molecule has 1 aromatic rings. The lowest BCUT2D eigenvalue weighted by Gasteiger charge is -2.15. The molecule has 1 rings (SSSR count). The molecule has 1 amide bonds. The Morgan fingerprint density at radius 1 is 1.67 bits per heavy atom. The summed E-state index contributed by atoms with van der Waals surface area (Å²) in [5, 5.41) is 4.88. The van der Waals surface area contributed by atoms with Gasteiger partial charge in [-0.05, 0) is 24.8 Å². The van der Waals surface area contributed by atoms with Crippen LogP contribution in [-0.2, 0) is 4.79 Å². The SMILES string of the molecule is CC[C@H](N)C(=O)NC(C)c1cccs1.Cl. The number of carbonyl (C=O) groups is 1. The third-order valence-corrected chi connectivity index (χ3v) is 3.16. The average Bonchev–Trinajstić information content (AvgIpc) is 2.69. The van der Waals surface area contributed by atoms with Crippen molar-refractivity contribution in [2.75, 3.05) is 0 Å². The van der Waals surface area contributed by atoms with Gasteiger partial charge in [-0.1, -0.05) is 13.0 Å². The minimum Gasteiger partial charge on any atom is -0.347 e. The van der Waals surface area contributed by atoms with Gasteiger partial charge in [0.1, 0.15) is 0 Å². The predicted octanol–water partition coefficient (Wildman–Crippen LogP) is 2.08. The Morgan fingerprint density at radius 2 is 2.33 bits per heavy atom. The number of nitrogens with two attached hydrogens (primary N) is 1. The van der Waals surface area contributed by atoms with E-state index in [2.05, 4.69) is 5.32 Å². The second-order valence-electron chi connectivity index (χ2n) is 3.26. The first-order chi connectivity index (χ1) is 6.65. The van der Waals surface area contributed by atoms with Crippen LogP contribution >= 0.6 is 23.7 Å². The van der Waals surface area contributed by atoms with Crippen molar-refractivity contribution in [2.24, 2.45) is 5.73 Å². The standard InChI is InChI=1S/C10H16N2OS.ClH/c1-3-8(11)10(13)12-7(2)9-5-4-6-14-9;/h4-8H,3,11H2,1-2H3,(H,12,13);1H/t7?,8-;/m0./s1. The van der Waals surface area contributed by atoms with Crippen LogP contribution in [0.15, 0.2) is 17.5 Å². The Morgan fingerprint density at radius 3 is 2.80 bits per heavy atom. The first kappa shape index (κ1) is 14.4. The Hall–Kier alpha value is -0.580. The second-order valence-corrected chi connectivity index (χ2v) is 4.24. The lowest BCUT2D eigenvalue weighted by Crippen LogP contribution is -2.40. The normalized spacial score (nSPS) is 13.8. The molecule has 0 aromatic carbocycles. The molecule has 0 radical (unpaired) electrons. The van der Waals surface area contributed by atoms with Crippen LogP contribution in [-0.4, -0.2) is 11.9 Å². The number of hydrogen-bond donors (Lipinski definition) is 2. The van der Waals surface area contributed by atoms with E-state index >= 15 is 0 Å².